The number of carbonyl (C=O) groups excluding carboxylic acids is 2. The van der Waals surface area contributed by atoms with Gasteiger partial charge in [-0.25, -0.2) is 18.0 Å². The Bertz CT molecular complexity index is 1820. The van der Waals surface area contributed by atoms with E-state index in [2.05, 4.69) is 5.32 Å². The van der Waals surface area contributed by atoms with Crippen LogP contribution in [-0.4, -0.2) is 50.7 Å². The number of nitrogens with zero attached hydrogens (tertiary/aromatic N) is 3. The van der Waals surface area contributed by atoms with Crippen LogP contribution >= 0.6 is 0 Å². The lowest BCUT2D eigenvalue weighted by molar-refractivity contribution is -0.138. The van der Waals surface area contributed by atoms with Crippen molar-refractivity contribution in [3.05, 3.63) is 106 Å². The number of amides is 2. The minimum atomic E-state index is -4.70. The molecule has 0 saturated heterocycles. The zero-order valence-electron chi connectivity index (χ0n) is 24.3. The Labute approximate surface area is 257 Å². The molecule has 1 heterocycles. The number of alkyl halides is 3. The fourth-order valence-electron chi connectivity index (χ4n) is 4.92. The van der Waals surface area contributed by atoms with Gasteiger partial charge in [-0.2, -0.15) is 18.4 Å². The normalized spacial score (nSPS) is 15.5. The van der Waals surface area contributed by atoms with Gasteiger partial charge in [0.25, 0.3) is 0 Å². The van der Waals surface area contributed by atoms with E-state index in [1.54, 1.807) is 24.3 Å². The molecule has 234 valence electrons. The van der Waals surface area contributed by atoms with Crippen molar-refractivity contribution in [3.8, 4) is 6.07 Å². The summed E-state index contributed by atoms with van der Waals surface area (Å²) < 4.78 is 69.5. The van der Waals surface area contributed by atoms with E-state index in [9.17, 15) is 36.4 Å². The zero-order chi connectivity index (χ0) is 33.1. The fraction of sp³-hybridized carbons (Fsp3) is 0.226. The number of nitrogens with one attached hydrogen (secondary N) is 2. The Morgan fingerprint density at radius 1 is 1.04 bits per heavy atom. The van der Waals surface area contributed by atoms with Crippen LogP contribution in [0.1, 0.15) is 29.2 Å². The van der Waals surface area contributed by atoms with Gasteiger partial charge in [-0.05, 0) is 66.9 Å². The molecule has 0 aliphatic carbocycles. The van der Waals surface area contributed by atoms with E-state index in [1.807, 2.05) is 6.07 Å². The fourth-order valence-corrected chi connectivity index (χ4v) is 5.55. The number of halogens is 3. The number of carbonyl (C=O) groups is 2. The predicted molar refractivity (Wildman–Crippen MR) is 159 cm³/mol. The number of benzene rings is 3. The Morgan fingerprint density at radius 2 is 1.67 bits per heavy atom. The first-order valence-electron chi connectivity index (χ1n) is 13.4. The number of rotatable bonds is 7. The molecule has 1 aliphatic heterocycles. The summed E-state index contributed by atoms with van der Waals surface area (Å²) >= 11 is 0. The maximum atomic E-state index is 13.8. The standard InChI is InChI=1S/C31H28F3N5O5S/c1-19-27(28(40)44-2)26(15-20-7-9-21(17-35)10-8-20)39(29(36)38(19)24-6-4-5-23(16-24)31(32,33)34)30(41)37-18-22-11-13-25(14-12-22)45(3,42)43/h4-14,16,26,36H,15,18H2,1-3H3,(H,37,41). The highest BCUT2D eigenvalue weighted by molar-refractivity contribution is 7.90. The molecule has 0 saturated carbocycles. The summed E-state index contributed by atoms with van der Waals surface area (Å²) in [4.78, 5) is 29.2. The number of methoxy groups -OCH3 is 1. The summed E-state index contributed by atoms with van der Waals surface area (Å²) in [7, 11) is -2.32. The van der Waals surface area contributed by atoms with E-state index >= 15 is 0 Å². The van der Waals surface area contributed by atoms with E-state index in [1.165, 1.54) is 37.3 Å². The lowest BCUT2D eigenvalue weighted by Crippen LogP contribution is -2.60. The van der Waals surface area contributed by atoms with Crippen LogP contribution in [0.5, 0.6) is 0 Å². The van der Waals surface area contributed by atoms with Gasteiger partial charge in [0, 0.05) is 24.2 Å². The molecule has 0 bridgehead atoms. The van der Waals surface area contributed by atoms with E-state index in [-0.39, 0.29) is 34.8 Å². The molecule has 1 aliphatic rings. The highest BCUT2D eigenvalue weighted by Crippen LogP contribution is 2.36. The number of hydrogen-bond donors (Lipinski definition) is 2. The maximum Gasteiger partial charge on any atom is 0.416 e. The number of esters is 1. The van der Waals surface area contributed by atoms with Crippen molar-refractivity contribution in [1.29, 1.82) is 10.7 Å². The molecule has 3 aromatic carbocycles. The molecule has 1 atom stereocenters. The molecule has 2 amide bonds. The third-order valence-corrected chi connectivity index (χ3v) is 8.30. The topological polar surface area (TPSA) is 144 Å². The minimum absolute atomic E-state index is 0.0111. The van der Waals surface area contributed by atoms with Gasteiger partial charge in [0.05, 0.1) is 40.8 Å². The van der Waals surface area contributed by atoms with Gasteiger partial charge in [0.15, 0.2) is 9.84 Å². The van der Waals surface area contributed by atoms with Gasteiger partial charge in [-0.1, -0.05) is 30.3 Å². The van der Waals surface area contributed by atoms with Crippen LogP contribution < -0.4 is 10.2 Å². The molecule has 0 radical (unpaired) electrons. The van der Waals surface area contributed by atoms with Crippen molar-refractivity contribution in [3.63, 3.8) is 0 Å². The average Bonchev–Trinajstić information content (AvgIpc) is 2.99. The average molecular weight is 640 g/mol. The highest BCUT2D eigenvalue weighted by atomic mass is 32.2. The Balaban J connectivity index is 1.80. The van der Waals surface area contributed by atoms with Gasteiger partial charge in [-0.3, -0.25) is 15.2 Å². The lowest BCUT2D eigenvalue weighted by atomic mass is 9.93. The molecule has 3 aromatic rings. The van der Waals surface area contributed by atoms with Crippen molar-refractivity contribution >= 4 is 33.5 Å². The van der Waals surface area contributed by atoms with Crippen LogP contribution in [0.2, 0.25) is 0 Å². The minimum Gasteiger partial charge on any atom is -0.466 e. The largest absolute Gasteiger partial charge is 0.466 e. The molecule has 0 aromatic heterocycles. The quantitative estimate of drug-likeness (QED) is 0.346. The molecular weight excluding hydrogens is 611 g/mol. The summed E-state index contributed by atoms with van der Waals surface area (Å²) in [5.41, 5.74) is 0.420. The molecule has 45 heavy (non-hydrogen) atoms. The maximum absolute atomic E-state index is 13.8. The molecule has 1 unspecified atom stereocenters. The van der Waals surface area contributed by atoms with Crippen LogP contribution in [-0.2, 0) is 38.5 Å². The van der Waals surface area contributed by atoms with Crippen LogP contribution in [0.15, 0.2) is 89.0 Å². The first kappa shape index (κ1) is 32.7. The summed E-state index contributed by atoms with van der Waals surface area (Å²) in [6.45, 7) is 1.35. The molecule has 14 heteroatoms. The van der Waals surface area contributed by atoms with Crippen molar-refractivity contribution in [1.82, 2.24) is 10.2 Å². The van der Waals surface area contributed by atoms with Gasteiger partial charge >= 0.3 is 18.2 Å². The third-order valence-electron chi connectivity index (χ3n) is 7.17. The van der Waals surface area contributed by atoms with Gasteiger partial charge in [-0.15, -0.1) is 0 Å². The van der Waals surface area contributed by atoms with Crippen molar-refractivity contribution in [2.75, 3.05) is 18.3 Å². The third kappa shape index (κ3) is 7.15. The lowest BCUT2D eigenvalue weighted by Gasteiger charge is -2.43. The number of hydrogen-bond acceptors (Lipinski definition) is 7. The number of urea groups is 1. The molecule has 0 spiro atoms. The van der Waals surface area contributed by atoms with Gasteiger partial charge < -0.3 is 10.1 Å². The van der Waals surface area contributed by atoms with Gasteiger partial charge in [0.1, 0.15) is 0 Å². The second kappa shape index (κ2) is 12.8. The summed E-state index contributed by atoms with van der Waals surface area (Å²) in [6.07, 6.45) is -3.65. The monoisotopic (exact) mass is 639 g/mol. The first-order chi connectivity index (χ1) is 21.1. The molecule has 10 nitrogen and oxygen atoms in total. The highest BCUT2D eigenvalue weighted by Gasteiger charge is 2.43. The summed E-state index contributed by atoms with van der Waals surface area (Å²) in [5.74, 6) is -1.38. The summed E-state index contributed by atoms with van der Waals surface area (Å²) in [6, 6.07) is 16.3. The van der Waals surface area contributed by atoms with E-state index in [4.69, 9.17) is 10.1 Å². The number of anilines is 1. The van der Waals surface area contributed by atoms with Crippen molar-refractivity contribution < 1.29 is 35.9 Å². The van der Waals surface area contributed by atoms with Crippen LogP contribution in [0.4, 0.5) is 23.7 Å². The molecular formula is C31H28F3N5O5S. The zero-order valence-corrected chi connectivity index (χ0v) is 25.2. The van der Waals surface area contributed by atoms with Crippen molar-refractivity contribution in [2.45, 2.75) is 37.0 Å². The number of ether oxygens (including phenoxy) is 1. The molecule has 4 rings (SSSR count). The number of guanidine groups is 1. The second-order valence-corrected chi connectivity index (χ2v) is 12.2. The van der Waals surface area contributed by atoms with Crippen molar-refractivity contribution in [2.24, 2.45) is 0 Å². The SMILES string of the molecule is COC(=O)C1=C(C)N(c2cccc(C(F)(F)F)c2)C(=N)N(C(=O)NCc2ccc(S(C)(=O)=O)cc2)C1Cc1ccc(C#N)cc1. The summed E-state index contributed by atoms with van der Waals surface area (Å²) in [5, 5.41) is 20.9. The number of sulfone groups is 1. The van der Waals surface area contributed by atoms with Crippen LogP contribution in [0.3, 0.4) is 0 Å². The molecule has 0 fully saturated rings. The number of nitriles is 1. The first-order valence-corrected chi connectivity index (χ1v) is 15.2. The predicted octanol–water partition coefficient (Wildman–Crippen LogP) is 5.01. The van der Waals surface area contributed by atoms with Crippen LogP contribution in [0, 0.1) is 16.7 Å². The molecule has 2 N–H and O–H groups in total. The second-order valence-electron chi connectivity index (χ2n) is 10.2. The van der Waals surface area contributed by atoms with E-state index in [0.29, 0.717) is 16.7 Å². The Morgan fingerprint density at radius 3 is 2.22 bits per heavy atom. The van der Waals surface area contributed by atoms with E-state index in [0.717, 1.165) is 41.4 Å². The van der Waals surface area contributed by atoms with Gasteiger partial charge in [0.2, 0.25) is 5.96 Å². The van der Waals surface area contributed by atoms with E-state index < -0.39 is 45.6 Å². The number of allylic oxidation sites excluding steroid dienone is 1. The Kier molecular flexibility index (Phi) is 9.34. The smallest absolute Gasteiger partial charge is 0.416 e. The Hall–Kier alpha value is -5.16. The van der Waals surface area contributed by atoms with Crippen LogP contribution in [0.25, 0.3) is 0 Å².